The summed E-state index contributed by atoms with van der Waals surface area (Å²) in [6, 6.07) is 0. The molecule has 0 fully saturated rings. The molecule has 2 rings (SSSR count). The van der Waals surface area contributed by atoms with E-state index in [1.54, 1.807) is 0 Å². The third-order valence-corrected chi connectivity index (χ3v) is 2.07. The van der Waals surface area contributed by atoms with Crippen LogP contribution in [0, 0.1) is 27.0 Å². The third kappa shape index (κ3) is 1.25. The van der Waals surface area contributed by atoms with Crippen molar-refractivity contribution >= 4 is 5.65 Å². The van der Waals surface area contributed by atoms with Crippen LogP contribution < -0.4 is 0 Å². The number of nitrogens with zero attached hydrogens (tertiary/aromatic N) is 2. The Bertz CT molecular complexity index is 400. The molecule has 0 bridgehead atoms. The van der Waals surface area contributed by atoms with Gasteiger partial charge in [0.15, 0.2) is 0 Å². The molecule has 0 radical (unpaired) electrons. The molecule has 2 heterocycles. The number of aromatic nitrogens is 3. The summed E-state index contributed by atoms with van der Waals surface area (Å²) in [4.78, 5) is 0. The van der Waals surface area contributed by atoms with Crippen molar-refractivity contribution in [2.24, 2.45) is 0 Å². The van der Waals surface area contributed by atoms with Crippen LogP contribution in [0.4, 0.5) is 0 Å². The molecule has 2 aromatic rings. The molecular weight excluding hydrogens is 227 g/mol. The van der Waals surface area contributed by atoms with Crippen molar-refractivity contribution in [1.82, 2.24) is 14.6 Å². The minimum Gasteiger partial charge on any atom is -0.416 e. The first-order valence-corrected chi connectivity index (χ1v) is 3.62. The fourth-order valence-electron chi connectivity index (χ4n) is 1.21. The smallest absolute Gasteiger partial charge is 0.416 e. The molecule has 0 saturated carbocycles. The van der Waals surface area contributed by atoms with Gasteiger partial charge in [-0.25, -0.2) is 5.10 Å². The summed E-state index contributed by atoms with van der Waals surface area (Å²) in [5.41, 5.74) is 3.47. The Hall–Kier alpha value is -0.146. The van der Waals surface area contributed by atoms with Crippen molar-refractivity contribution in [1.29, 1.82) is 0 Å². The van der Waals surface area contributed by atoms with Crippen LogP contribution in [-0.2, 0) is 32.7 Å². The number of hydrogen-bond acceptors (Lipinski definition) is 1. The van der Waals surface area contributed by atoms with E-state index in [0.717, 1.165) is 11.5 Å². The zero-order valence-electron chi connectivity index (χ0n) is 7.47. The van der Waals surface area contributed by atoms with E-state index >= 15 is 0 Å². The van der Waals surface area contributed by atoms with Crippen LogP contribution >= 0.6 is 0 Å². The van der Waals surface area contributed by atoms with Gasteiger partial charge in [-0.3, -0.25) is 0 Å². The van der Waals surface area contributed by atoms with Gasteiger partial charge in [-0.1, -0.05) is 20.0 Å². The van der Waals surface area contributed by atoms with Gasteiger partial charge in [-0.05, 0) is 6.92 Å². The Morgan fingerprint density at radius 1 is 1.33 bits per heavy atom. The van der Waals surface area contributed by atoms with Gasteiger partial charge in [0.2, 0.25) is 0 Å². The predicted molar refractivity (Wildman–Crippen MR) is 42.6 cm³/mol. The molecule has 1 N–H and O–H groups in total. The number of aromatic amines is 1. The summed E-state index contributed by atoms with van der Waals surface area (Å²) in [5, 5.41) is 7.02. The van der Waals surface area contributed by atoms with E-state index in [1.807, 2.05) is 11.3 Å². The predicted octanol–water partition coefficient (Wildman–Crippen LogP) is 1.39. The van der Waals surface area contributed by atoms with Crippen molar-refractivity contribution in [2.75, 3.05) is 0 Å². The minimum absolute atomic E-state index is 0. The van der Waals surface area contributed by atoms with E-state index < -0.39 is 0 Å². The average molecular weight is 237 g/mol. The summed E-state index contributed by atoms with van der Waals surface area (Å²) in [7, 11) is 0. The normalized spacial score (nSPS) is 10.2. The van der Waals surface area contributed by atoms with E-state index in [2.05, 4.69) is 30.2 Å². The maximum absolute atomic E-state index is 4.06. The Kier molecular flexibility index (Phi) is 2.74. The second-order valence-electron chi connectivity index (χ2n) is 2.82. The SMILES string of the molecule is Cc1[c-]n2c(C)n[nH]c2c1C.[Y+3]. The molecule has 2 aromatic heterocycles. The Labute approximate surface area is 96.4 Å². The number of rotatable bonds is 0. The van der Waals surface area contributed by atoms with Gasteiger partial charge in [0.25, 0.3) is 0 Å². The maximum atomic E-state index is 4.06. The zero-order valence-corrected chi connectivity index (χ0v) is 10.3. The topological polar surface area (TPSA) is 33.1 Å². The first-order chi connectivity index (χ1) is 5.20. The van der Waals surface area contributed by atoms with Gasteiger partial charge in [0.05, 0.1) is 0 Å². The molecule has 0 saturated heterocycles. The molecule has 0 aliphatic rings. The van der Waals surface area contributed by atoms with Crippen molar-refractivity contribution < 1.29 is 32.7 Å². The van der Waals surface area contributed by atoms with Crippen LogP contribution in [-0.4, -0.2) is 14.6 Å². The van der Waals surface area contributed by atoms with Crippen molar-refractivity contribution in [3.63, 3.8) is 0 Å². The van der Waals surface area contributed by atoms with Crippen LogP contribution in [0.2, 0.25) is 0 Å². The molecule has 58 valence electrons. The summed E-state index contributed by atoms with van der Waals surface area (Å²) >= 11 is 0. The van der Waals surface area contributed by atoms with E-state index in [-0.39, 0.29) is 32.7 Å². The Morgan fingerprint density at radius 2 is 2.00 bits per heavy atom. The van der Waals surface area contributed by atoms with Crippen LogP contribution in [0.25, 0.3) is 5.65 Å². The van der Waals surface area contributed by atoms with Crippen LogP contribution in [0.3, 0.4) is 0 Å². The molecule has 0 atom stereocenters. The maximum Gasteiger partial charge on any atom is 3.00 e. The van der Waals surface area contributed by atoms with E-state index in [0.29, 0.717) is 0 Å². The molecule has 0 aliphatic carbocycles. The number of aryl methyl sites for hydroxylation is 3. The fourth-order valence-corrected chi connectivity index (χ4v) is 1.21. The number of hydrogen-bond donors (Lipinski definition) is 1. The molecule has 3 nitrogen and oxygen atoms in total. The van der Waals surface area contributed by atoms with E-state index in [1.165, 1.54) is 11.1 Å². The zero-order chi connectivity index (χ0) is 8.01. The first-order valence-electron chi connectivity index (χ1n) is 3.62. The van der Waals surface area contributed by atoms with Gasteiger partial charge in [0, 0.05) is 11.5 Å². The summed E-state index contributed by atoms with van der Waals surface area (Å²) in [6.07, 6.45) is 3.20. The Balaban J connectivity index is 0.000000720. The minimum atomic E-state index is 0. The second-order valence-corrected chi connectivity index (χ2v) is 2.82. The van der Waals surface area contributed by atoms with Crippen molar-refractivity contribution in [2.45, 2.75) is 20.8 Å². The quantitative estimate of drug-likeness (QED) is 0.690. The molecule has 0 spiro atoms. The summed E-state index contributed by atoms with van der Waals surface area (Å²) in [6.45, 7) is 6.08. The van der Waals surface area contributed by atoms with E-state index in [4.69, 9.17) is 0 Å². The summed E-state index contributed by atoms with van der Waals surface area (Å²) < 4.78 is 1.95. The van der Waals surface area contributed by atoms with E-state index in [9.17, 15) is 0 Å². The van der Waals surface area contributed by atoms with Gasteiger partial charge in [-0.2, -0.15) is 0 Å². The third-order valence-electron chi connectivity index (χ3n) is 2.07. The molecule has 12 heavy (non-hydrogen) atoms. The molecule has 0 unspecified atom stereocenters. The van der Waals surface area contributed by atoms with Gasteiger partial charge in [-0.15, -0.1) is 11.1 Å². The van der Waals surface area contributed by atoms with Crippen molar-refractivity contribution in [3.05, 3.63) is 23.1 Å². The largest absolute Gasteiger partial charge is 3.00 e. The number of H-pyrrole nitrogens is 1. The van der Waals surface area contributed by atoms with Crippen LogP contribution in [0.5, 0.6) is 0 Å². The first kappa shape index (κ1) is 9.94. The van der Waals surface area contributed by atoms with Crippen molar-refractivity contribution in [3.8, 4) is 0 Å². The average Bonchev–Trinajstić information content (AvgIpc) is 2.43. The standard InChI is InChI=1S/C8H10N3.Y/c1-5-4-11-7(3)9-10-8(11)6(5)2;/h10H,1-3H3;/q-1;+3. The molecule has 0 amide bonds. The number of nitrogens with one attached hydrogen (secondary N) is 1. The monoisotopic (exact) mass is 237 g/mol. The fraction of sp³-hybridized carbons (Fsp3) is 0.375. The molecule has 0 aromatic carbocycles. The summed E-state index contributed by atoms with van der Waals surface area (Å²) in [5.74, 6) is 0.955. The second kappa shape index (κ2) is 3.31. The van der Waals surface area contributed by atoms with Crippen LogP contribution in [0.15, 0.2) is 0 Å². The number of fused-ring (bicyclic) bond motifs is 1. The van der Waals surface area contributed by atoms with Crippen LogP contribution in [0.1, 0.15) is 17.0 Å². The Morgan fingerprint density at radius 3 is 2.58 bits per heavy atom. The van der Waals surface area contributed by atoms with Gasteiger partial charge < -0.3 is 9.50 Å². The molecular formula is C8H10N3Y+2. The van der Waals surface area contributed by atoms with Gasteiger partial charge >= 0.3 is 32.7 Å². The molecule has 0 aliphatic heterocycles. The molecule has 4 heteroatoms. The van der Waals surface area contributed by atoms with Gasteiger partial charge in [0.1, 0.15) is 0 Å².